The van der Waals surface area contributed by atoms with Gasteiger partial charge < -0.3 is 19.1 Å². The third-order valence-electron chi connectivity index (χ3n) is 7.42. The molecule has 3 aromatic rings. The van der Waals surface area contributed by atoms with E-state index in [-0.39, 0.29) is 30.5 Å². The maximum Gasteiger partial charge on any atom is 0.437 e. The van der Waals surface area contributed by atoms with Crippen molar-refractivity contribution in [3.05, 3.63) is 75.3 Å². The van der Waals surface area contributed by atoms with Gasteiger partial charge in [0, 0.05) is 63.5 Å². The van der Waals surface area contributed by atoms with E-state index in [2.05, 4.69) is 9.97 Å². The number of alkyl halides is 3. The number of benzene rings is 1. The van der Waals surface area contributed by atoms with Gasteiger partial charge in [0.15, 0.2) is 5.69 Å². The number of nitro groups is 1. The molecule has 0 radical (unpaired) electrons. The topological polar surface area (TPSA) is 126 Å². The van der Waals surface area contributed by atoms with Crippen LogP contribution in [0.5, 0.6) is 0 Å². The average Bonchev–Trinajstić information content (AvgIpc) is 3.45. The summed E-state index contributed by atoms with van der Waals surface area (Å²) in [7, 11) is 0. The first-order valence-electron chi connectivity index (χ1n) is 13.7. The van der Waals surface area contributed by atoms with Crippen molar-refractivity contribution in [2.75, 3.05) is 49.1 Å². The molecule has 4 heterocycles. The van der Waals surface area contributed by atoms with E-state index in [4.69, 9.17) is 4.42 Å². The summed E-state index contributed by atoms with van der Waals surface area (Å²) in [4.78, 5) is 49.6. The Morgan fingerprint density at radius 1 is 0.929 bits per heavy atom. The predicted molar refractivity (Wildman–Crippen MR) is 145 cm³/mol. The van der Waals surface area contributed by atoms with Crippen LogP contribution in [-0.2, 0) is 23.8 Å². The van der Waals surface area contributed by atoms with Gasteiger partial charge in [0.05, 0.1) is 11.3 Å². The Hall–Kier alpha value is -4.49. The molecule has 42 heavy (non-hydrogen) atoms. The molecular weight excluding hydrogens is 557 g/mol. The molecule has 2 fully saturated rings. The van der Waals surface area contributed by atoms with E-state index in [1.165, 1.54) is 12.3 Å². The molecule has 14 heteroatoms. The second kappa shape index (κ2) is 12.2. The fraction of sp³-hybridized carbons (Fsp3) is 0.429. The van der Waals surface area contributed by atoms with E-state index in [1.54, 1.807) is 40.1 Å². The van der Waals surface area contributed by atoms with E-state index >= 15 is 0 Å². The summed E-state index contributed by atoms with van der Waals surface area (Å²) in [5.41, 5.74) is -0.622. The van der Waals surface area contributed by atoms with E-state index in [0.29, 0.717) is 56.2 Å². The maximum absolute atomic E-state index is 13.7. The number of halogens is 3. The highest BCUT2D eigenvalue weighted by molar-refractivity contribution is 5.96. The quantitative estimate of drug-likeness (QED) is 0.216. The number of Topliss-reactive ketones (excluding diaryl/α,β-unsaturated/α-hetero) is 1. The molecule has 0 saturated carbocycles. The van der Waals surface area contributed by atoms with E-state index < -0.39 is 28.3 Å². The minimum Gasteiger partial charge on any atom is -0.420 e. The van der Waals surface area contributed by atoms with Gasteiger partial charge in [-0.1, -0.05) is 24.3 Å². The molecule has 1 aromatic carbocycles. The Kier molecular flexibility index (Phi) is 8.41. The number of carbonyl (C=O) groups excluding carboxylic acids is 2. The van der Waals surface area contributed by atoms with Crippen molar-refractivity contribution >= 4 is 29.2 Å². The standard InChI is InChI=1S/C28H29F3N6O5/c29-28(30,31)26-25(42-27(33-26)36-10-4-1-5-11-36)22(38)16-19-8-9-23(32-18-19)34-12-14-35(15-13-34)24(39)17-20-6-2-3-7-21(20)37(40)41/h2-3,6-9,18H,1,4-5,10-17H2. The fourth-order valence-corrected chi connectivity index (χ4v) is 5.18. The van der Waals surface area contributed by atoms with Crippen molar-refractivity contribution in [2.24, 2.45) is 0 Å². The number of aromatic nitrogens is 2. The van der Waals surface area contributed by atoms with Gasteiger partial charge >= 0.3 is 6.18 Å². The molecule has 0 aliphatic carbocycles. The zero-order chi connectivity index (χ0) is 29.9. The van der Waals surface area contributed by atoms with Gasteiger partial charge in [-0.15, -0.1) is 0 Å². The molecule has 0 bridgehead atoms. The van der Waals surface area contributed by atoms with E-state index in [1.807, 2.05) is 4.90 Å². The van der Waals surface area contributed by atoms with Crippen molar-refractivity contribution in [1.29, 1.82) is 0 Å². The van der Waals surface area contributed by atoms with Crippen LogP contribution in [0.25, 0.3) is 0 Å². The number of nitro benzene ring substituents is 1. The lowest BCUT2D eigenvalue weighted by Gasteiger charge is -2.35. The Balaban J connectivity index is 1.19. The van der Waals surface area contributed by atoms with Gasteiger partial charge in [-0.3, -0.25) is 19.7 Å². The van der Waals surface area contributed by atoms with Crippen LogP contribution in [0.3, 0.4) is 0 Å². The second-order valence-corrected chi connectivity index (χ2v) is 10.3. The Labute approximate surface area is 239 Å². The molecule has 5 rings (SSSR count). The molecule has 2 aromatic heterocycles. The van der Waals surface area contributed by atoms with Crippen molar-refractivity contribution in [2.45, 2.75) is 38.3 Å². The lowest BCUT2D eigenvalue weighted by atomic mass is 10.1. The van der Waals surface area contributed by atoms with Crippen LogP contribution < -0.4 is 9.80 Å². The number of piperazine rings is 1. The van der Waals surface area contributed by atoms with Gasteiger partial charge in [-0.25, -0.2) is 4.98 Å². The number of piperidine rings is 1. The summed E-state index contributed by atoms with van der Waals surface area (Å²) in [6, 6.07) is 9.28. The number of ketones is 1. The summed E-state index contributed by atoms with van der Waals surface area (Å²) in [5, 5.41) is 11.2. The number of hydrogen-bond acceptors (Lipinski definition) is 9. The second-order valence-electron chi connectivity index (χ2n) is 10.3. The Morgan fingerprint density at radius 2 is 1.64 bits per heavy atom. The Bertz CT molecular complexity index is 1440. The number of pyridine rings is 1. The summed E-state index contributed by atoms with van der Waals surface area (Å²) in [6.07, 6.45) is -1.19. The molecule has 0 N–H and O–H groups in total. The highest BCUT2D eigenvalue weighted by Gasteiger charge is 2.41. The van der Waals surface area contributed by atoms with Crippen molar-refractivity contribution in [1.82, 2.24) is 14.9 Å². The van der Waals surface area contributed by atoms with Gasteiger partial charge in [0.2, 0.25) is 17.5 Å². The number of amides is 1. The zero-order valence-electron chi connectivity index (χ0n) is 22.7. The molecule has 1 amide bonds. The molecule has 2 aliphatic rings. The van der Waals surface area contributed by atoms with E-state index in [0.717, 1.165) is 19.3 Å². The van der Waals surface area contributed by atoms with Crippen LogP contribution in [0.1, 0.15) is 46.6 Å². The maximum atomic E-state index is 13.7. The predicted octanol–water partition coefficient (Wildman–Crippen LogP) is 4.30. The first kappa shape index (κ1) is 29.0. The number of para-hydroxylation sites is 1. The van der Waals surface area contributed by atoms with Crippen LogP contribution in [0.2, 0.25) is 0 Å². The van der Waals surface area contributed by atoms with Crippen LogP contribution >= 0.6 is 0 Å². The molecule has 0 unspecified atom stereocenters. The third-order valence-corrected chi connectivity index (χ3v) is 7.42. The van der Waals surface area contributed by atoms with Gasteiger partial charge in [0.25, 0.3) is 11.7 Å². The molecule has 11 nitrogen and oxygen atoms in total. The molecule has 2 aliphatic heterocycles. The van der Waals surface area contributed by atoms with Crippen molar-refractivity contribution < 1.29 is 32.1 Å². The van der Waals surface area contributed by atoms with E-state index in [9.17, 15) is 32.9 Å². The van der Waals surface area contributed by atoms with Gasteiger partial charge in [-0.2, -0.15) is 18.2 Å². The molecular formula is C28H29F3N6O5. The minimum absolute atomic E-state index is 0.0705. The Morgan fingerprint density at radius 3 is 2.29 bits per heavy atom. The zero-order valence-corrected chi connectivity index (χ0v) is 22.7. The monoisotopic (exact) mass is 586 g/mol. The summed E-state index contributed by atoms with van der Waals surface area (Å²) in [6.45, 7) is 2.78. The average molecular weight is 587 g/mol. The summed E-state index contributed by atoms with van der Waals surface area (Å²) in [5.74, 6) is -1.24. The normalized spacial score (nSPS) is 16.0. The number of anilines is 2. The van der Waals surface area contributed by atoms with Crippen LogP contribution in [-0.4, -0.2) is 70.8 Å². The van der Waals surface area contributed by atoms with Crippen LogP contribution in [0.15, 0.2) is 47.0 Å². The summed E-state index contributed by atoms with van der Waals surface area (Å²) < 4.78 is 46.4. The third kappa shape index (κ3) is 6.52. The molecule has 0 atom stereocenters. The molecule has 0 spiro atoms. The van der Waals surface area contributed by atoms with Crippen LogP contribution in [0.4, 0.5) is 30.7 Å². The number of rotatable bonds is 8. The lowest BCUT2D eigenvalue weighted by molar-refractivity contribution is -0.385. The first-order valence-corrected chi connectivity index (χ1v) is 13.7. The smallest absolute Gasteiger partial charge is 0.420 e. The SMILES string of the molecule is O=C(Cc1ccc(N2CCN(C(=O)Cc3ccccc3[N+](=O)[O-])CC2)nc1)c1oc(N2CCCCC2)nc1C(F)(F)F. The number of hydrogen-bond donors (Lipinski definition) is 0. The fourth-order valence-electron chi connectivity index (χ4n) is 5.18. The molecule has 222 valence electrons. The van der Waals surface area contributed by atoms with Gasteiger partial charge in [-0.05, 0) is 30.9 Å². The molecule has 2 saturated heterocycles. The highest BCUT2D eigenvalue weighted by atomic mass is 19.4. The van der Waals surface area contributed by atoms with Crippen LogP contribution in [0, 0.1) is 10.1 Å². The first-order chi connectivity index (χ1) is 20.1. The largest absolute Gasteiger partial charge is 0.437 e. The lowest BCUT2D eigenvalue weighted by Crippen LogP contribution is -2.49. The van der Waals surface area contributed by atoms with Crippen molar-refractivity contribution in [3.63, 3.8) is 0 Å². The number of carbonyl (C=O) groups is 2. The highest BCUT2D eigenvalue weighted by Crippen LogP contribution is 2.35. The number of nitrogens with zero attached hydrogens (tertiary/aromatic N) is 6. The van der Waals surface area contributed by atoms with Crippen molar-refractivity contribution in [3.8, 4) is 0 Å². The number of oxazole rings is 1. The summed E-state index contributed by atoms with van der Waals surface area (Å²) >= 11 is 0. The van der Waals surface area contributed by atoms with Gasteiger partial charge in [0.1, 0.15) is 5.82 Å². The minimum atomic E-state index is -4.83.